The van der Waals surface area contributed by atoms with Crippen molar-refractivity contribution in [1.82, 2.24) is 15.3 Å². The fourth-order valence-electron chi connectivity index (χ4n) is 2.45. The number of aryl methyl sites for hydroxylation is 1. The van der Waals surface area contributed by atoms with Crippen LogP contribution in [0.3, 0.4) is 0 Å². The Balaban J connectivity index is 1.99. The molecule has 1 atom stereocenters. The number of thiophene rings is 2. The Morgan fingerprint density at radius 1 is 1.39 bits per heavy atom. The second kappa shape index (κ2) is 6.64. The van der Waals surface area contributed by atoms with Gasteiger partial charge < -0.3 is 10.6 Å². The summed E-state index contributed by atoms with van der Waals surface area (Å²) in [6, 6.07) is 4.29. The number of carbonyl (C=O) groups is 1. The van der Waals surface area contributed by atoms with E-state index in [9.17, 15) is 4.79 Å². The molecular weight excluding hydrogens is 328 g/mol. The molecule has 5 nitrogen and oxygen atoms in total. The average Bonchev–Trinajstić information content (AvgIpc) is 3.16. The van der Waals surface area contributed by atoms with E-state index < -0.39 is 0 Å². The Morgan fingerprint density at radius 3 is 2.91 bits per heavy atom. The van der Waals surface area contributed by atoms with Crippen molar-refractivity contribution in [2.24, 2.45) is 0 Å². The normalized spacial score (nSPS) is 12.3. The van der Waals surface area contributed by atoms with Crippen molar-refractivity contribution in [3.05, 3.63) is 39.2 Å². The van der Waals surface area contributed by atoms with Crippen molar-refractivity contribution < 1.29 is 4.79 Å². The summed E-state index contributed by atoms with van der Waals surface area (Å²) in [5.74, 6) is 0.727. The van der Waals surface area contributed by atoms with Gasteiger partial charge in [-0.05, 0) is 37.8 Å². The van der Waals surface area contributed by atoms with Crippen LogP contribution in [0.1, 0.15) is 40.0 Å². The number of fused-ring (bicyclic) bond motifs is 1. The number of nitrogens with one attached hydrogen (secondary N) is 2. The van der Waals surface area contributed by atoms with E-state index in [1.54, 1.807) is 17.7 Å². The highest BCUT2D eigenvalue weighted by molar-refractivity contribution is 7.20. The molecular formula is C16H18N4OS2. The minimum atomic E-state index is -0.0507. The molecule has 0 saturated heterocycles. The monoisotopic (exact) mass is 346 g/mol. The molecule has 3 heterocycles. The second-order valence-corrected chi connectivity index (χ2v) is 7.18. The van der Waals surface area contributed by atoms with Crippen LogP contribution >= 0.6 is 22.7 Å². The quantitative estimate of drug-likeness (QED) is 0.733. The number of anilines is 1. The minimum absolute atomic E-state index is 0.0507. The van der Waals surface area contributed by atoms with E-state index in [0.29, 0.717) is 11.4 Å². The van der Waals surface area contributed by atoms with Crippen LogP contribution in [0.2, 0.25) is 0 Å². The molecule has 0 bridgehead atoms. The Kier molecular flexibility index (Phi) is 4.58. The molecule has 0 saturated carbocycles. The molecule has 0 aliphatic carbocycles. The molecule has 1 amide bonds. The number of amides is 1. The Bertz CT molecular complexity index is 826. The highest BCUT2D eigenvalue weighted by Gasteiger charge is 2.19. The number of rotatable bonds is 5. The van der Waals surface area contributed by atoms with Gasteiger partial charge in [-0.1, -0.05) is 6.07 Å². The first-order valence-corrected chi connectivity index (χ1v) is 9.13. The molecule has 1 unspecified atom stereocenters. The predicted molar refractivity (Wildman–Crippen MR) is 96.5 cm³/mol. The third kappa shape index (κ3) is 3.07. The van der Waals surface area contributed by atoms with E-state index >= 15 is 0 Å². The van der Waals surface area contributed by atoms with Gasteiger partial charge in [0.1, 0.15) is 17.0 Å². The third-order valence-corrected chi connectivity index (χ3v) is 5.85. The number of aromatic nitrogens is 2. The van der Waals surface area contributed by atoms with Gasteiger partial charge in [0.25, 0.3) is 5.91 Å². The summed E-state index contributed by atoms with van der Waals surface area (Å²) < 4.78 is 0. The zero-order valence-electron chi connectivity index (χ0n) is 13.2. The van der Waals surface area contributed by atoms with E-state index in [1.165, 1.54) is 16.2 Å². The fourth-order valence-corrected chi connectivity index (χ4v) is 4.25. The molecule has 3 aromatic rings. The molecule has 120 valence electrons. The Morgan fingerprint density at radius 2 is 2.22 bits per heavy atom. The Hall–Kier alpha value is -1.99. The fraction of sp³-hybridized carbons (Fsp3) is 0.312. The van der Waals surface area contributed by atoms with Crippen molar-refractivity contribution in [2.75, 3.05) is 11.9 Å². The molecule has 23 heavy (non-hydrogen) atoms. The van der Waals surface area contributed by atoms with Gasteiger partial charge in [-0.3, -0.25) is 4.79 Å². The van der Waals surface area contributed by atoms with E-state index in [4.69, 9.17) is 0 Å². The summed E-state index contributed by atoms with van der Waals surface area (Å²) in [5.41, 5.74) is 0.928. The lowest BCUT2D eigenvalue weighted by molar-refractivity contribution is 0.0959. The van der Waals surface area contributed by atoms with E-state index in [2.05, 4.69) is 39.0 Å². The summed E-state index contributed by atoms with van der Waals surface area (Å²) in [5, 5.41) is 9.29. The standard InChI is InChI=1S/C16H18N4OS2/c1-4-17-15(21)13-9(2)12-14(18-8-19-16(12)23-13)20-10(3)11-6-5-7-22-11/h5-8,10H,4H2,1-3H3,(H,17,21)(H,18,19,20). The lowest BCUT2D eigenvalue weighted by Gasteiger charge is -2.13. The summed E-state index contributed by atoms with van der Waals surface area (Å²) in [7, 11) is 0. The summed E-state index contributed by atoms with van der Waals surface area (Å²) in [4.78, 5) is 23.7. The highest BCUT2D eigenvalue weighted by atomic mass is 32.1. The first-order chi connectivity index (χ1) is 11.1. The van der Waals surface area contributed by atoms with Gasteiger partial charge >= 0.3 is 0 Å². The van der Waals surface area contributed by atoms with Gasteiger partial charge in [0.2, 0.25) is 0 Å². The van der Waals surface area contributed by atoms with Crippen molar-refractivity contribution in [3.8, 4) is 0 Å². The lowest BCUT2D eigenvalue weighted by atomic mass is 10.2. The second-order valence-electron chi connectivity index (χ2n) is 5.20. The molecule has 0 aliphatic heterocycles. The maximum absolute atomic E-state index is 12.2. The molecule has 0 aliphatic rings. The smallest absolute Gasteiger partial charge is 0.261 e. The van der Waals surface area contributed by atoms with E-state index in [0.717, 1.165) is 21.6 Å². The topological polar surface area (TPSA) is 66.9 Å². The van der Waals surface area contributed by atoms with Gasteiger partial charge in [-0.25, -0.2) is 9.97 Å². The van der Waals surface area contributed by atoms with Gasteiger partial charge in [0, 0.05) is 11.4 Å². The molecule has 3 rings (SSSR count). The molecule has 0 aromatic carbocycles. The van der Waals surface area contributed by atoms with Crippen LogP contribution in [0.25, 0.3) is 10.2 Å². The number of carbonyl (C=O) groups excluding carboxylic acids is 1. The number of hydrogen-bond donors (Lipinski definition) is 2. The zero-order valence-corrected chi connectivity index (χ0v) is 14.8. The summed E-state index contributed by atoms with van der Waals surface area (Å²) in [6.45, 7) is 6.58. The molecule has 0 radical (unpaired) electrons. The first-order valence-electron chi connectivity index (χ1n) is 7.44. The summed E-state index contributed by atoms with van der Waals surface area (Å²) in [6.07, 6.45) is 1.54. The SMILES string of the molecule is CCNC(=O)c1sc2ncnc(NC(C)c3cccs3)c2c1C. The van der Waals surface area contributed by atoms with Gasteiger partial charge in [0.15, 0.2) is 0 Å². The lowest BCUT2D eigenvalue weighted by Crippen LogP contribution is -2.22. The third-order valence-electron chi connectivity index (χ3n) is 3.59. The van der Waals surface area contributed by atoms with Gasteiger partial charge in [0.05, 0.1) is 16.3 Å². The van der Waals surface area contributed by atoms with E-state index in [-0.39, 0.29) is 11.9 Å². The minimum Gasteiger partial charge on any atom is -0.362 e. The van der Waals surface area contributed by atoms with Crippen LogP contribution in [-0.2, 0) is 0 Å². The van der Waals surface area contributed by atoms with Crippen LogP contribution in [0.5, 0.6) is 0 Å². The molecule has 0 fully saturated rings. The maximum Gasteiger partial charge on any atom is 0.261 e. The number of nitrogens with zero attached hydrogens (tertiary/aromatic N) is 2. The van der Waals surface area contributed by atoms with Crippen molar-refractivity contribution in [1.29, 1.82) is 0 Å². The van der Waals surface area contributed by atoms with Crippen LogP contribution < -0.4 is 10.6 Å². The largest absolute Gasteiger partial charge is 0.362 e. The predicted octanol–water partition coefficient (Wildman–Crippen LogP) is 3.98. The van der Waals surface area contributed by atoms with Crippen LogP contribution in [0.15, 0.2) is 23.8 Å². The van der Waals surface area contributed by atoms with Crippen molar-refractivity contribution >= 4 is 44.6 Å². The maximum atomic E-state index is 12.2. The van der Waals surface area contributed by atoms with Crippen LogP contribution in [-0.4, -0.2) is 22.4 Å². The zero-order chi connectivity index (χ0) is 16.4. The van der Waals surface area contributed by atoms with E-state index in [1.807, 2.05) is 19.9 Å². The first kappa shape index (κ1) is 15.9. The van der Waals surface area contributed by atoms with Gasteiger partial charge in [-0.15, -0.1) is 22.7 Å². The van der Waals surface area contributed by atoms with Crippen molar-refractivity contribution in [3.63, 3.8) is 0 Å². The average molecular weight is 346 g/mol. The molecule has 2 N–H and O–H groups in total. The molecule has 0 spiro atoms. The number of hydrogen-bond acceptors (Lipinski definition) is 6. The van der Waals surface area contributed by atoms with Gasteiger partial charge in [-0.2, -0.15) is 0 Å². The van der Waals surface area contributed by atoms with Crippen LogP contribution in [0.4, 0.5) is 5.82 Å². The molecule has 7 heteroatoms. The van der Waals surface area contributed by atoms with Crippen LogP contribution in [0, 0.1) is 6.92 Å². The van der Waals surface area contributed by atoms with Crippen molar-refractivity contribution in [2.45, 2.75) is 26.8 Å². The Labute approximate surface area is 142 Å². The molecule has 3 aromatic heterocycles. The summed E-state index contributed by atoms with van der Waals surface area (Å²) >= 11 is 3.12. The highest BCUT2D eigenvalue weighted by Crippen LogP contribution is 2.34.